The molecule has 7 heteroatoms. The van der Waals surface area contributed by atoms with Crippen molar-refractivity contribution < 1.29 is 14.3 Å². The molecule has 2 aliphatic heterocycles. The van der Waals surface area contributed by atoms with Gasteiger partial charge < -0.3 is 9.64 Å². The third kappa shape index (κ3) is 3.15. The summed E-state index contributed by atoms with van der Waals surface area (Å²) in [6.07, 6.45) is 0. The molecule has 140 valence electrons. The predicted octanol–water partition coefficient (Wildman–Crippen LogP) is 2.83. The summed E-state index contributed by atoms with van der Waals surface area (Å²) >= 11 is 5.99. The topological polar surface area (TPSA) is 73.6 Å². The van der Waals surface area contributed by atoms with Gasteiger partial charge in [0.2, 0.25) is 0 Å². The summed E-state index contributed by atoms with van der Waals surface area (Å²) in [7, 11) is 0. The Morgan fingerprint density at radius 2 is 1.57 bits per heavy atom. The van der Waals surface area contributed by atoms with Crippen molar-refractivity contribution >= 4 is 34.7 Å². The van der Waals surface area contributed by atoms with Gasteiger partial charge in [-0.25, -0.2) is 4.90 Å². The molecule has 0 aromatic heterocycles. The third-order valence-electron chi connectivity index (χ3n) is 4.77. The Morgan fingerprint density at radius 3 is 2.18 bits per heavy atom. The Kier molecular flexibility index (Phi) is 4.86. The molecule has 0 N–H and O–H groups in total. The highest BCUT2D eigenvalue weighted by Crippen LogP contribution is 2.35. The Bertz CT molecular complexity index is 1000. The molecule has 0 unspecified atom stereocenters. The van der Waals surface area contributed by atoms with Crippen molar-refractivity contribution in [3.8, 4) is 6.07 Å². The second kappa shape index (κ2) is 7.47. The molecule has 0 radical (unpaired) electrons. The summed E-state index contributed by atoms with van der Waals surface area (Å²) in [5, 5.41) is 9.54. The van der Waals surface area contributed by atoms with Gasteiger partial charge in [-0.05, 0) is 42.0 Å². The van der Waals surface area contributed by atoms with Crippen LogP contribution in [0, 0.1) is 11.3 Å². The van der Waals surface area contributed by atoms with Gasteiger partial charge in [0, 0.05) is 18.1 Å². The minimum absolute atomic E-state index is 0.355. The van der Waals surface area contributed by atoms with Gasteiger partial charge in [0.1, 0.15) is 5.70 Å². The van der Waals surface area contributed by atoms with E-state index in [-0.39, 0.29) is 5.91 Å². The van der Waals surface area contributed by atoms with E-state index in [4.69, 9.17) is 21.6 Å². The Labute approximate surface area is 167 Å². The van der Waals surface area contributed by atoms with Crippen LogP contribution in [0.1, 0.15) is 11.1 Å². The van der Waals surface area contributed by atoms with Gasteiger partial charge >= 0.3 is 0 Å². The number of rotatable bonds is 3. The number of hydrogen-bond acceptors (Lipinski definition) is 5. The number of anilines is 1. The highest BCUT2D eigenvalue weighted by Gasteiger charge is 2.42. The van der Waals surface area contributed by atoms with Crippen LogP contribution in [0.5, 0.6) is 0 Å². The summed E-state index contributed by atoms with van der Waals surface area (Å²) in [5.41, 5.74) is 2.26. The van der Waals surface area contributed by atoms with Gasteiger partial charge in [0.05, 0.1) is 36.1 Å². The van der Waals surface area contributed by atoms with Gasteiger partial charge in [0.15, 0.2) is 0 Å². The zero-order chi connectivity index (χ0) is 19.7. The van der Waals surface area contributed by atoms with Crippen molar-refractivity contribution in [1.82, 2.24) is 4.90 Å². The zero-order valence-electron chi connectivity index (χ0n) is 14.9. The number of ether oxygens (including phenoxy) is 1. The first kappa shape index (κ1) is 18.2. The van der Waals surface area contributed by atoms with Crippen LogP contribution >= 0.6 is 11.6 Å². The number of carbonyl (C=O) groups is 2. The van der Waals surface area contributed by atoms with E-state index in [1.807, 2.05) is 11.0 Å². The largest absolute Gasteiger partial charge is 0.378 e. The van der Waals surface area contributed by atoms with Crippen molar-refractivity contribution in [1.29, 1.82) is 5.26 Å². The van der Waals surface area contributed by atoms with E-state index in [0.717, 1.165) is 4.90 Å². The predicted molar refractivity (Wildman–Crippen MR) is 104 cm³/mol. The number of halogens is 1. The molecule has 0 aliphatic carbocycles. The minimum Gasteiger partial charge on any atom is -0.378 e. The van der Waals surface area contributed by atoms with E-state index in [1.54, 1.807) is 48.5 Å². The van der Waals surface area contributed by atoms with Gasteiger partial charge in [0.25, 0.3) is 11.8 Å². The molecule has 28 heavy (non-hydrogen) atoms. The number of nitrogens with zero attached hydrogens (tertiary/aromatic N) is 3. The number of nitriles is 1. The second-order valence-electron chi connectivity index (χ2n) is 6.43. The van der Waals surface area contributed by atoms with E-state index in [1.165, 1.54) is 0 Å². The second-order valence-corrected chi connectivity index (χ2v) is 6.87. The number of carbonyl (C=O) groups excluding carboxylic acids is 2. The first-order valence-electron chi connectivity index (χ1n) is 8.82. The Balaban J connectivity index is 1.80. The summed E-state index contributed by atoms with van der Waals surface area (Å²) in [6.45, 7) is 2.06. The van der Waals surface area contributed by atoms with E-state index < -0.39 is 5.91 Å². The molecule has 0 atom stereocenters. The van der Waals surface area contributed by atoms with E-state index in [0.29, 0.717) is 59.4 Å². The van der Waals surface area contributed by atoms with Crippen LogP contribution in [-0.4, -0.2) is 43.0 Å². The van der Waals surface area contributed by atoms with Crippen molar-refractivity contribution in [2.45, 2.75) is 0 Å². The smallest absolute Gasteiger partial charge is 0.282 e. The fourth-order valence-corrected chi connectivity index (χ4v) is 3.52. The van der Waals surface area contributed by atoms with E-state index in [9.17, 15) is 9.59 Å². The molecule has 2 aromatic carbocycles. The fraction of sp³-hybridized carbons (Fsp3) is 0.190. The molecule has 2 heterocycles. The molecule has 1 fully saturated rings. The van der Waals surface area contributed by atoms with Crippen LogP contribution in [-0.2, 0) is 14.3 Å². The third-order valence-corrected chi connectivity index (χ3v) is 5.03. The molecular weight excluding hydrogens is 378 g/mol. The molecule has 2 aromatic rings. The molecule has 2 aliphatic rings. The fourth-order valence-electron chi connectivity index (χ4n) is 3.39. The number of amides is 2. The highest BCUT2D eigenvalue weighted by molar-refractivity contribution is 6.45. The number of hydrogen-bond donors (Lipinski definition) is 0. The van der Waals surface area contributed by atoms with Crippen LogP contribution in [0.4, 0.5) is 5.69 Å². The lowest BCUT2D eigenvalue weighted by Crippen LogP contribution is -2.40. The standard InChI is InChI=1S/C21H16ClN3O3/c22-16-5-3-15(4-6-16)18-19(24-9-11-28-12-10-24)21(27)25(20(18)26)17-7-1-14(13-23)2-8-17/h1-8H,9-12H2. The average molecular weight is 394 g/mol. The van der Waals surface area contributed by atoms with E-state index in [2.05, 4.69) is 0 Å². The zero-order valence-corrected chi connectivity index (χ0v) is 15.6. The molecule has 0 bridgehead atoms. The summed E-state index contributed by atoms with van der Waals surface area (Å²) in [6, 6.07) is 15.3. The molecule has 0 saturated carbocycles. The SMILES string of the molecule is N#Cc1ccc(N2C(=O)C(c3ccc(Cl)cc3)=C(N3CCOCC3)C2=O)cc1. The van der Waals surface area contributed by atoms with Gasteiger partial charge in [-0.3, -0.25) is 9.59 Å². The van der Waals surface area contributed by atoms with Crippen LogP contribution in [0.3, 0.4) is 0 Å². The van der Waals surface area contributed by atoms with E-state index >= 15 is 0 Å². The molecule has 4 rings (SSSR count). The Morgan fingerprint density at radius 1 is 0.929 bits per heavy atom. The lowest BCUT2D eigenvalue weighted by molar-refractivity contribution is -0.121. The maximum Gasteiger partial charge on any atom is 0.282 e. The maximum atomic E-state index is 13.3. The number of morpholine rings is 1. The van der Waals surface area contributed by atoms with Crippen molar-refractivity contribution in [2.24, 2.45) is 0 Å². The first-order chi connectivity index (χ1) is 13.6. The molecular formula is C21H16ClN3O3. The molecule has 2 amide bonds. The maximum absolute atomic E-state index is 13.3. The molecule has 1 saturated heterocycles. The summed E-state index contributed by atoms with van der Waals surface area (Å²) in [5.74, 6) is -0.764. The van der Waals surface area contributed by atoms with Gasteiger partial charge in [-0.2, -0.15) is 5.26 Å². The summed E-state index contributed by atoms with van der Waals surface area (Å²) in [4.78, 5) is 29.7. The molecule has 0 spiro atoms. The van der Waals surface area contributed by atoms with Crippen LogP contribution in [0.15, 0.2) is 54.2 Å². The van der Waals surface area contributed by atoms with Crippen molar-refractivity contribution in [3.05, 3.63) is 70.4 Å². The minimum atomic E-state index is -0.390. The van der Waals surface area contributed by atoms with Crippen LogP contribution in [0.25, 0.3) is 5.57 Å². The normalized spacial score (nSPS) is 17.3. The number of imide groups is 1. The Hall–Kier alpha value is -3.14. The van der Waals surface area contributed by atoms with Crippen LogP contribution < -0.4 is 4.90 Å². The lowest BCUT2D eigenvalue weighted by atomic mass is 10.0. The highest BCUT2D eigenvalue weighted by atomic mass is 35.5. The monoisotopic (exact) mass is 393 g/mol. The summed E-state index contributed by atoms with van der Waals surface area (Å²) < 4.78 is 5.39. The first-order valence-corrected chi connectivity index (χ1v) is 9.20. The quantitative estimate of drug-likeness (QED) is 0.750. The lowest BCUT2D eigenvalue weighted by Gasteiger charge is -2.29. The average Bonchev–Trinajstić information content (AvgIpc) is 2.99. The van der Waals surface area contributed by atoms with Crippen molar-refractivity contribution in [3.63, 3.8) is 0 Å². The van der Waals surface area contributed by atoms with Gasteiger partial charge in [-0.1, -0.05) is 23.7 Å². The van der Waals surface area contributed by atoms with Gasteiger partial charge in [-0.15, -0.1) is 0 Å². The molecule has 6 nitrogen and oxygen atoms in total. The number of benzene rings is 2. The van der Waals surface area contributed by atoms with Crippen molar-refractivity contribution in [2.75, 3.05) is 31.2 Å². The van der Waals surface area contributed by atoms with Crippen LogP contribution in [0.2, 0.25) is 5.02 Å².